The van der Waals surface area contributed by atoms with Crippen molar-refractivity contribution < 1.29 is 19.4 Å². The van der Waals surface area contributed by atoms with E-state index in [0.29, 0.717) is 42.7 Å². The van der Waals surface area contributed by atoms with Crippen LogP contribution in [0.1, 0.15) is 18.0 Å². The van der Waals surface area contributed by atoms with E-state index in [0.717, 1.165) is 5.56 Å². The van der Waals surface area contributed by atoms with Crippen LogP contribution in [0.2, 0.25) is 5.02 Å². The summed E-state index contributed by atoms with van der Waals surface area (Å²) in [5.41, 5.74) is 0.870. The third-order valence-corrected chi connectivity index (χ3v) is 3.84. The molecule has 0 aromatic heterocycles. The maximum atomic E-state index is 11.0. The molecule has 2 atom stereocenters. The first-order valence-corrected chi connectivity index (χ1v) is 6.58. The maximum absolute atomic E-state index is 11.0. The molecule has 0 saturated carbocycles. The first kappa shape index (κ1) is 12.6. The molecular weight excluding hydrogens is 270 g/mol. The molecule has 19 heavy (non-hydrogen) atoms. The molecule has 2 N–H and O–H groups in total. The molecule has 1 aromatic rings. The van der Waals surface area contributed by atoms with Gasteiger partial charge in [0.25, 0.3) is 0 Å². The molecule has 0 bridgehead atoms. The minimum Gasteiger partial charge on any atom is -0.486 e. The molecule has 1 aromatic carbocycles. The summed E-state index contributed by atoms with van der Waals surface area (Å²) < 4.78 is 11.0. The third kappa shape index (κ3) is 2.35. The van der Waals surface area contributed by atoms with Crippen molar-refractivity contribution in [3.8, 4) is 11.5 Å². The van der Waals surface area contributed by atoms with Gasteiger partial charge >= 0.3 is 5.97 Å². The predicted molar refractivity (Wildman–Crippen MR) is 68.9 cm³/mol. The number of carboxylic acids is 1. The van der Waals surface area contributed by atoms with E-state index in [4.69, 9.17) is 26.2 Å². The summed E-state index contributed by atoms with van der Waals surface area (Å²) in [5.74, 6) is 0.178. The Morgan fingerprint density at radius 3 is 2.63 bits per heavy atom. The van der Waals surface area contributed by atoms with Crippen LogP contribution in [0, 0.1) is 5.92 Å². The largest absolute Gasteiger partial charge is 0.486 e. The van der Waals surface area contributed by atoms with E-state index < -0.39 is 5.97 Å². The second kappa shape index (κ2) is 4.90. The Labute approximate surface area is 115 Å². The van der Waals surface area contributed by atoms with Crippen molar-refractivity contribution in [1.82, 2.24) is 5.32 Å². The molecule has 2 heterocycles. The van der Waals surface area contributed by atoms with E-state index >= 15 is 0 Å². The van der Waals surface area contributed by atoms with E-state index in [9.17, 15) is 4.79 Å². The molecule has 1 fully saturated rings. The van der Waals surface area contributed by atoms with Gasteiger partial charge in [-0.3, -0.25) is 4.79 Å². The van der Waals surface area contributed by atoms with Gasteiger partial charge in [0.1, 0.15) is 13.2 Å². The average molecular weight is 284 g/mol. The highest BCUT2D eigenvalue weighted by atomic mass is 35.5. The van der Waals surface area contributed by atoms with E-state index in [1.54, 1.807) is 6.07 Å². The van der Waals surface area contributed by atoms with Crippen LogP contribution in [-0.2, 0) is 4.79 Å². The van der Waals surface area contributed by atoms with Crippen LogP contribution < -0.4 is 14.8 Å². The lowest BCUT2D eigenvalue weighted by Crippen LogP contribution is -2.18. The van der Waals surface area contributed by atoms with E-state index in [1.165, 1.54) is 0 Å². The number of rotatable bonds is 2. The number of benzene rings is 1. The summed E-state index contributed by atoms with van der Waals surface area (Å²) in [4.78, 5) is 11.0. The quantitative estimate of drug-likeness (QED) is 0.867. The van der Waals surface area contributed by atoms with Crippen LogP contribution >= 0.6 is 11.6 Å². The van der Waals surface area contributed by atoms with Crippen molar-refractivity contribution in [2.75, 3.05) is 19.8 Å². The lowest BCUT2D eigenvalue weighted by Gasteiger charge is -2.21. The second-order valence-electron chi connectivity index (χ2n) is 4.75. The van der Waals surface area contributed by atoms with Crippen LogP contribution in [0.3, 0.4) is 0 Å². The van der Waals surface area contributed by atoms with Crippen molar-refractivity contribution in [1.29, 1.82) is 0 Å². The molecule has 2 unspecified atom stereocenters. The molecule has 2 aliphatic rings. The topological polar surface area (TPSA) is 67.8 Å². The molecule has 102 valence electrons. The van der Waals surface area contributed by atoms with Crippen LogP contribution in [-0.4, -0.2) is 30.8 Å². The molecule has 0 amide bonds. The van der Waals surface area contributed by atoms with Crippen molar-refractivity contribution in [3.05, 3.63) is 22.7 Å². The fourth-order valence-electron chi connectivity index (χ4n) is 2.51. The Hall–Kier alpha value is -1.46. The van der Waals surface area contributed by atoms with E-state index in [-0.39, 0.29) is 12.0 Å². The minimum atomic E-state index is -0.774. The zero-order valence-corrected chi connectivity index (χ0v) is 10.9. The minimum absolute atomic E-state index is 0.0515. The first-order chi connectivity index (χ1) is 9.15. The van der Waals surface area contributed by atoms with Crippen molar-refractivity contribution in [3.63, 3.8) is 0 Å². The number of nitrogens with one attached hydrogen (secondary N) is 1. The Kier molecular flexibility index (Phi) is 3.24. The highest BCUT2D eigenvalue weighted by Crippen LogP contribution is 2.40. The second-order valence-corrected chi connectivity index (χ2v) is 5.16. The van der Waals surface area contributed by atoms with Gasteiger partial charge in [0.15, 0.2) is 11.5 Å². The Morgan fingerprint density at radius 1 is 1.32 bits per heavy atom. The van der Waals surface area contributed by atoms with Crippen molar-refractivity contribution >= 4 is 17.6 Å². The Balaban J connectivity index is 1.87. The Bertz CT molecular complexity index is 520. The first-order valence-electron chi connectivity index (χ1n) is 6.20. The monoisotopic (exact) mass is 283 g/mol. The van der Waals surface area contributed by atoms with Crippen molar-refractivity contribution in [2.24, 2.45) is 5.92 Å². The van der Waals surface area contributed by atoms with Crippen LogP contribution in [0.15, 0.2) is 12.1 Å². The van der Waals surface area contributed by atoms with Crippen LogP contribution in [0.4, 0.5) is 0 Å². The van der Waals surface area contributed by atoms with Gasteiger partial charge in [0, 0.05) is 23.7 Å². The molecule has 1 saturated heterocycles. The van der Waals surface area contributed by atoms with Gasteiger partial charge in [-0.05, 0) is 18.1 Å². The molecule has 0 spiro atoms. The average Bonchev–Trinajstić information content (AvgIpc) is 2.87. The number of ether oxygens (including phenoxy) is 2. The number of hydrogen-bond acceptors (Lipinski definition) is 4. The predicted octanol–water partition coefficient (Wildman–Crippen LogP) is 1.85. The number of hydrogen-bond donors (Lipinski definition) is 2. The van der Waals surface area contributed by atoms with E-state index in [1.807, 2.05) is 6.07 Å². The summed E-state index contributed by atoms with van der Waals surface area (Å²) in [6, 6.07) is 3.53. The standard InChI is InChI=1S/C13H14ClNO4/c14-9-5-12-11(18-1-2-19-12)4-8(9)10-3-7(6-15-10)13(16)17/h4-5,7,10,15H,1-3,6H2,(H,16,17). The van der Waals surface area contributed by atoms with Gasteiger partial charge in [0.05, 0.1) is 5.92 Å². The molecular formula is C13H14ClNO4. The number of carbonyl (C=O) groups is 1. The third-order valence-electron chi connectivity index (χ3n) is 3.52. The fourth-order valence-corrected chi connectivity index (χ4v) is 2.79. The fraction of sp³-hybridized carbons (Fsp3) is 0.462. The molecule has 5 nitrogen and oxygen atoms in total. The maximum Gasteiger partial charge on any atom is 0.307 e. The van der Waals surface area contributed by atoms with Crippen LogP contribution in [0.5, 0.6) is 11.5 Å². The molecule has 6 heteroatoms. The summed E-state index contributed by atoms with van der Waals surface area (Å²) in [6.07, 6.45) is 0.536. The Morgan fingerprint density at radius 2 is 2.00 bits per heavy atom. The smallest absolute Gasteiger partial charge is 0.307 e. The van der Waals surface area contributed by atoms with Gasteiger partial charge in [-0.25, -0.2) is 0 Å². The van der Waals surface area contributed by atoms with Crippen LogP contribution in [0.25, 0.3) is 0 Å². The zero-order chi connectivity index (χ0) is 13.4. The molecule has 3 rings (SSSR count). The lowest BCUT2D eigenvalue weighted by molar-refractivity contribution is -0.141. The van der Waals surface area contributed by atoms with Gasteiger partial charge in [-0.2, -0.15) is 0 Å². The highest BCUT2D eigenvalue weighted by Gasteiger charge is 2.32. The zero-order valence-electron chi connectivity index (χ0n) is 10.2. The van der Waals surface area contributed by atoms with E-state index in [2.05, 4.69) is 5.32 Å². The number of aliphatic carboxylic acids is 1. The number of halogens is 1. The number of carboxylic acid groups (broad SMARTS) is 1. The van der Waals surface area contributed by atoms with Crippen molar-refractivity contribution in [2.45, 2.75) is 12.5 Å². The molecule has 0 radical (unpaired) electrons. The summed E-state index contributed by atoms with van der Waals surface area (Å²) in [6.45, 7) is 1.50. The van der Waals surface area contributed by atoms with Gasteiger partial charge < -0.3 is 19.9 Å². The molecule has 2 aliphatic heterocycles. The normalized spacial score (nSPS) is 25.3. The number of fused-ring (bicyclic) bond motifs is 1. The summed E-state index contributed by atoms with van der Waals surface area (Å²) in [7, 11) is 0. The van der Waals surface area contributed by atoms with Gasteiger partial charge in [-0.15, -0.1) is 0 Å². The molecule has 0 aliphatic carbocycles. The SMILES string of the molecule is O=C(O)C1CNC(c2cc3c(cc2Cl)OCCO3)C1. The van der Waals surface area contributed by atoms with Gasteiger partial charge in [-0.1, -0.05) is 11.6 Å². The van der Waals surface area contributed by atoms with Gasteiger partial charge in [0.2, 0.25) is 0 Å². The summed E-state index contributed by atoms with van der Waals surface area (Å²) >= 11 is 6.25. The highest BCUT2D eigenvalue weighted by molar-refractivity contribution is 6.31. The summed E-state index contributed by atoms with van der Waals surface area (Å²) in [5, 5.41) is 12.8. The lowest BCUT2D eigenvalue weighted by atomic mass is 9.99.